The zero-order valence-corrected chi connectivity index (χ0v) is 17.3. The lowest BCUT2D eigenvalue weighted by atomic mass is 9.73. The van der Waals surface area contributed by atoms with Gasteiger partial charge in [0.25, 0.3) is 0 Å². The van der Waals surface area contributed by atoms with E-state index >= 15 is 0 Å². The molecule has 0 amide bonds. The van der Waals surface area contributed by atoms with E-state index in [-0.39, 0.29) is 17.2 Å². The number of aliphatic imine (C=N–C) groups is 1. The van der Waals surface area contributed by atoms with Crippen molar-refractivity contribution < 1.29 is 9.21 Å². The van der Waals surface area contributed by atoms with E-state index in [1.807, 2.05) is 36.4 Å². The van der Waals surface area contributed by atoms with Crippen molar-refractivity contribution in [2.45, 2.75) is 39.7 Å². The van der Waals surface area contributed by atoms with E-state index in [2.05, 4.69) is 48.5 Å². The molecule has 2 aliphatic rings. The number of fused-ring (bicyclic) bond motifs is 1. The first-order valence-electron chi connectivity index (χ1n) is 10.2. The Morgan fingerprint density at radius 1 is 1.10 bits per heavy atom. The molecule has 0 saturated carbocycles. The fourth-order valence-electron chi connectivity index (χ4n) is 4.21. The summed E-state index contributed by atoms with van der Waals surface area (Å²) in [5.41, 5.74) is 5.25. The van der Waals surface area contributed by atoms with Crippen molar-refractivity contribution in [3.8, 4) is 0 Å². The zero-order valence-electron chi connectivity index (χ0n) is 17.3. The number of para-hydroxylation sites is 2. The molecule has 1 atom stereocenters. The molecule has 152 valence electrons. The number of allylic oxidation sites excluding steroid dienone is 1. The van der Waals surface area contributed by atoms with Gasteiger partial charge in [-0.05, 0) is 36.5 Å². The summed E-state index contributed by atoms with van der Waals surface area (Å²) in [5.74, 6) is 0.695. The van der Waals surface area contributed by atoms with Crippen LogP contribution in [0.2, 0.25) is 0 Å². The minimum Gasteiger partial charge on any atom is -0.423 e. The predicted octanol–water partition coefficient (Wildman–Crippen LogP) is 4.89. The van der Waals surface area contributed by atoms with Crippen molar-refractivity contribution in [1.29, 1.82) is 0 Å². The van der Waals surface area contributed by atoms with Crippen LogP contribution in [0.3, 0.4) is 0 Å². The molecule has 0 spiro atoms. The number of ketones is 1. The lowest BCUT2D eigenvalue weighted by molar-refractivity contribution is -0.118. The van der Waals surface area contributed by atoms with Gasteiger partial charge in [-0.2, -0.15) is 4.98 Å². The van der Waals surface area contributed by atoms with Gasteiger partial charge in [0.15, 0.2) is 11.4 Å². The first kappa shape index (κ1) is 18.6. The molecule has 5 rings (SSSR count). The van der Waals surface area contributed by atoms with E-state index in [0.29, 0.717) is 24.0 Å². The van der Waals surface area contributed by atoms with Crippen LogP contribution in [-0.2, 0) is 4.79 Å². The Labute approximate surface area is 175 Å². The van der Waals surface area contributed by atoms with Gasteiger partial charge in [-0.25, -0.2) is 4.99 Å². The Hall–Kier alpha value is -3.41. The normalized spacial score (nSPS) is 20.6. The van der Waals surface area contributed by atoms with Crippen LogP contribution in [0.5, 0.6) is 0 Å². The van der Waals surface area contributed by atoms with Crippen LogP contribution in [0.4, 0.5) is 6.01 Å². The second-order valence-corrected chi connectivity index (χ2v) is 8.86. The maximum atomic E-state index is 13.1. The molecule has 0 unspecified atom stereocenters. The Kier molecular flexibility index (Phi) is 4.24. The number of aromatic nitrogens is 1. The Bertz CT molecular complexity index is 1170. The molecule has 1 aliphatic heterocycles. The quantitative estimate of drug-likeness (QED) is 0.640. The van der Waals surface area contributed by atoms with E-state index in [9.17, 15) is 4.79 Å². The topological polar surface area (TPSA) is 79.5 Å². The highest BCUT2D eigenvalue weighted by atomic mass is 16.4. The van der Waals surface area contributed by atoms with Gasteiger partial charge >= 0.3 is 6.01 Å². The first-order valence-corrected chi connectivity index (χ1v) is 10.2. The molecule has 0 bridgehead atoms. The number of nitrogens with zero attached hydrogens (tertiary/aromatic N) is 2. The number of benzene rings is 2. The van der Waals surface area contributed by atoms with Gasteiger partial charge in [0.05, 0.1) is 0 Å². The summed E-state index contributed by atoms with van der Waals surface area (Å²) < 4.78 is 5.80. The number of anilines is 1. The predicted molar refractivity (Wildman–Crippen MR) is 117 cm³/mol. The summed E-state index contributed by atoms with van der Waals surface area (Å²) in [4.78, 5) is 22.4. The van der Waals surface area contributed by atoms with E-state index in [1.165, 1.54) is 5.56 Å². The van der Waals surface area contributed by atoms with Gasteiger partial charge < -0.3 is 9.73 Å². The van der Waals surface area contributed by atoms with Crippen LogP contribution in [0, 0.1) is 12.3 Å². The number of carbonyl (C=O) groups excluding carboxylic acids is 1. The molecule has 2 heterocycles. The van der Waals surface area contributed by atoms with E-state index in [0.717, 1.165) is 28.8 Å². The van der Waals surface area contributed by atoms with Crippen LogP contribution in [0.15, 0.2) is 69.2 Å². The third-order valence-electron chi connectivity index (χ3n) is 5.63. The van der Waals surface area contributed by atoms with Crippen LogP contribution in [-0.4, -0.2) is 16.7 Å². The SMILES string of the molecule is Cc1ccc([C@H]2N=C(Nc3nc4ccccc4o3)NC3=C2C(=O)CC(C)(C)C3)cc1. The van der Waals surface area contributed by atoms with Crippen molar-refractivity contribution in [3.05, 3.63) is 70.9 Å². The number of guanidine groups is 1. The molecule has 0 fully saturated rings. The molecule has 1 aromatic heterocycles. The van der Waals surface area contributed by atoms with Crippen molar-refractivity contribution in [2.75, 3.05) is 5.32 Å². The van der Waals surface area contributed by atoms with Gasteiger partial charge in [-0.1, -0.05) is 55.8 Å². The number of aryl methyl sites for hydroxylation is 1. The smallest absolute Gasteiger partial charge is 0.302 e. The highest BCUT2D eigenvalue weighted by Crippen LogP contribution is 2.43. The average Bonchev–Trinajstić information content (AvgIpc) is 3.09. The molecule has 0 radical (unpaired) electrons. The molecule has 6 heteroatoms. The third-order valence-corrected chi connectivity index (χ3v) is 5.63. The third kappa shape index (κ3) is 3.38. The monoisotopic (exact) mass is 400 g/mol. The van der Waals surface area contributed by atoms with Gasteiger partial charge in [0.2, 0.25) is 5.96 Å². The van der Waals surface area contributed by atoms with Crippen LogP contribution >= 0.6 is 0 Å². The summed E-state index contributed by atoms with van der Waals surface area (Å²) in [7, 11) is 0. The molecule has 2 aromatic carbocycles. The van der Waals surface area contributed by atoms with Gasteiger partial charge in [-0.3, -0.25) is 10.1 Å². The molecular formula is C24H24N4O2. The number of carbonyl (C=O) groups is 1. The second kappa shape index (κ2) is 6.83. The number of rotatable bonds is 2. The van der Waals surface area contributed by atoms with Gasteiger partial charge in [0.1, 0.15) is 11.6 Å². The molecular weight excluding hydrogens is 376 g/mol. The second-order valence-electron chi connectivity index (χ2n) is 8.86. The highest BCUT2D eigenvalue weighted by Gasteiger charge is 2.39. The first-order chi connectivity index (χ1) is 14.4. The van der Waals surface area contributed by atoms with Crippen LogP contribution in [0.25, 0.3) is 11.1 Å². The number of oxazole rings is 1. The Balaban J connectivity index is 1.54. The van der Waals surface area contributed by atoms with Crippen molar-refractivity contribution in [3.63, 3.8) is 0 Å². The van der Waals surface area contributed by atoms with Crippen LogP contribution < -0.4 is 10.6 Å². The highest BCUT2D eigenvalue weighted by molar-refractivity contribution is 6.03. The Morgan fingerprint density at radius 2 is 1.87 bits per heavy atom. The Morgan fingerprint density at radius 3 is 2.63 bits per heavy atom. The zero-order chi connectivity index (χ0) is 20.9. The summed E-state index contributed by atoms with van der Waals surface area (Å²) >= 11 is 0. The summed E-state index contributed by atoms with van der Waals surface area (Å²) in [5, 5.41) is 6.52. The summed E-state index contributed by atoms with van der Waals surface area (Å²) in [6.45, 7) is 6.29. The lowest BCUT2D eigenvalue weighted by Crippen LogP contribution is -2.41. The summed E-state index contributed by atoms with van der Waals surface area (Å²) in [6.07, 6.45) is 1.31. The number of Topliss-reactive ketones (excluding diaryl/α,β-unsaturated/α-hetero) is 1. The molecule has 3 aromatic rings. The van der Waals surface area contributed by atoms with Crippen molar-refractivity contribution in [1.82, 2.24) is 10.3 Å². The maximum Gasteiger partial charge on any atom is 0.302 e. The number of nitrogens with one attached hydrogen (secondary N) is 2. The van der Waals surface area contributed by atoms with Gasteiger partial charge in [0, 0.05) is 17.7 Å². The van der Waals surface area contributed by atoms with Crippen molar-refractivity contribution in [2.24, 2.45) is 10.4 Å². The molecule has 1 aliphatic carbocycles. The van der Waals surface area contributed by atoms with Crippen LogP contribution in [0.1, 0.15) is 43.9 Å². The average molecular weight is 400 g/mol. The minimum absolute atomic E-state index is 0.0964. The summed E-state index contributed by atoms with van der Waals surface area (Å²) in [6, 6.07) is 15.8. The standard InChI is InChI=1S/C24H24N4O2/c1-14-8-10-15(11-9-14)21-20-17(12-24(2,3)13-18(20)29)25-22(27-21)28-23-26-16-6-4-5-7-19(16)30-23/h4-11,21H,12-13H2,1-3H3,(H2,25,26,27,28)/t21-/m1/s1. The maximum absolute atomic E-state index is 13.1. The fraction of sp³-hybridized carbons (Fsp3) is 0.292. The largest absolute Gasteiger partial charge is 0.423 e. The van der Waals surface area contributed by atoms with E-state index < -0.39 is 0 Å². The minimum atomic E-state index is -0.350. The lowest BCUT2D eigenvalue weighted by Gasteiger charge is -2.37. The van der Waals surface area contributed by atoms with E-state index in [4.69, 9.17) is 9.41 Å². The molecule has 6 nitrogen and oxygen atoms in total. The molecule has 2 N–H and O–H groups in total. The number of hydrogen-bond acceptors (Lipinski definition) is 6. The molecule has 0 saturated heterocycles. The van der Waals surface area contributed by atoms with E-state index in [1.54, 1.807) is 0 Å². The number of hydrogen-bond donors (Lipinski definition) is 2. The fourth-order valence-corrected chi connectivity index (χ4v) is 4.21. The van der Waals surface area contributed by atoms with Crippen molar-refractivity contribution >= 4 is 28.9 Å². The molecule has 30 heavy (non-hydrogen) atoms. The van der Waals surface area contributed by atoms with Gasteiger partial charge in [-0.15, -0.1) is 0 Å².